The fourth-order valence-electron chi connectivity index (χ4n) is 5.86. The van der Waals surface area contributed by atoms with Crippen molar-refractivity contribution in [1.29, 1.82) is 0 Å². The third kappa shape index (κ3) is 3.06. The van der Waals surface area contributed by atoms with E-state index in [1.807, 2.05) is 6.92 Å². The molecule has 7 atom stereocenters. The number of benzene rings is 1. The SMILES string of the molecule is COC(=O)[C@@H](C)[C@H](c1ccc2c(c1)OC(C1CC3NC3C1C)CC2)C1CC1. The average molecular weight is 370 g/mol. The Kier molecular flexibility index (Phi) is 4.23. The second kappa shape index (κ2) is 6.51. The van der Waals surface area contributed by atoms with E-state index >= 15 is 0 Å². The summed E-state index contributed by atoms with van der Waals surface area (Å²) >= 11 is 0. The lowest BCUT2D eigenvalue weighted by atomic mass is 9.81. The molecule has 5 unspecified atom stereocenters. The second-order valence-corrected chi connectivity index (χ2v) is 9.29. The maximum atomic E-state index is 12.2. The highest BCUT2D eigenvalue weighted by molar-refractivity contribution is 5.73. The third-order valence-electron chi connectivity index (χ3n) is 7.67. The zero-order chi connectivity index (χ0) is 18.7. The Morgan fingerprint density at radius 3 is 2.78 bits per heavy atom. The van der Waals surface area contributed by atoms with Crippen LogP contribution in [0.15, 0.2) is 18.2 Å². The molecule has 1 saturated heterocycles. The summed E-state index contributed by atoms with van der Waals surface area (Å²) in [7, 11) is 1.49. The van der Waals surface area contributed by atoms with Crippen molar-refractivity contribution in [2.45, 2.75) is 70.1 Å². The number of aryl methyl sites for hydroxylation is 1. The van der Waals surface area contributed by atoms with Crippen LogP contribution in [-0.4, -0.2) is 31.3 Å². The molecule has 27 heavy (non-hydrogen) atoms. The minimum absolute atomic E-state index is 0.102. The van der Waals surface area contributed by atoms with Crippen LogP contribution in [0.4, 0.5) is 0 Å². The van der Waals surface area contributed by atoms with Gasteiger partial charge in [0.2, 0.25) is 0 Å². The molecule has 2 aliphatic carbocycles. The van der Waals surface area contributed by atoms with Crippen LogP contribution < -0.4 is 10.1 Å². The van der Waals surface area contributed by atoms with Crippen molar-refractivity contribution in [3.8, 4) is 5.75 Å². The first-order valence-electron chi connectivity index (χ1n) is 10.7. The van der Waals surface area contributed by atoms with E-state index in [2.05, 4.69) is 30.4 Å². The lowest BCUT2D eigenvalue weighted by Gasteiger charge is -2.34. The molecule has 4 heteroatoms. The van der Waals surface area contributed by atoms with Gasteiger partial charge in [0.25, 0.3) is 0 Å². The van der Waals surface area contributed by atoms with Gasteiger partial charge in [-0.3, -0.25) is 4.79 Å². The van der Waals surface area contributed by atoms with Crippen molar-refractivity contribution in [3.63, 3.8) is 0 Å². The minimum atomic E-state index is -0.104. The van der Waals surface area contributed by atoms with Crippen LogP contribution in [0.5, 0.6) is 5.75 Å². The first-order valence-corrected chi connectivity index (χ1v) is 10.7. The van der Waals surface area contributed by atoms with E-state index in [0.29, 0.717) is 23.9 Å². The molecule has 0 aromatic heterocycles. The first kappa shape index (κ1) is 17.5. The maximum Gasteiger partial charge on any atom is 0.309 e. The molecule has 2 saturated carbocycles. The van der Waals surface area contributed by atoms with E-state index in [9.17, 15) is 4.79 Å². The number of fused-ring (bicyclic) bond motifs is 2. The topological polar surface area (TPSA) is 57.5 Å². The van der Waals surface area contributed by atoms with Crippen LogP contribution >= 0.6 is 0 Å². The Morgan fingerprint density at radius 1 is 1.30 bits per heavy atom. The summed E-state index contributed by atoms with van der Waals surface area (Å²) in [5.74, 6) is 3.09. The van der Waals surface area contributed by atoms with Gasteiger partial charge in [0.1, 0.15) is 11.9 Å². The molecule has 146 valence electrons. The number of carbonyl (C=O) groups excluding carboxylic acids is 1. The number of rotatable bonds is 5. The number of esters is 1. The zero-order valence-corrected chi connectivity index (χ0v) is 16.6. The highest BCUT2D eigenvalue weighted by Gasteiger charge is 2.53. The fraction of sp³-hybridized carbons (Fsp3) is 0.696. The first-order chi connectivity index (χ1) is 13.1. The van der Waals surface area contributed by atoms with Gasteiger partial charge in [-0.05, 0) is 67.1 Å². The predicted molar refractivity (Wildman–Crippen MR) is 104 cm³/mol. The third-order valence-corrected chi connectivity index (χ3v) is 7.67. The minimum Gasteiger partial charge on any atom is -0.490 e. The summed E-state index contributed by atoms with van der Waals surface area (Å²) in [4.78, 5) is 12.2. The summed E-state index contributed by atoms with van der Waals surface area (Å²) < 4.78 is 11.6. The highest BCUT2D eigenvalue weighted by Crippen LogP contribution is 2.49. The van der Waals surface area contributed by atoms with Gasteiger partial charge in [0.15, 0.2) is 0 Å². The predicted octanol–water partition coefficient (Wildman–Crippen LogP) is 3.68. The van der Waals surface area contributed by atoms with Crippen LogP contribution in [0.3, 0.4) is 0 Å². The van der Waals surface area contributed by atoms with Gasteiger partial charge in [0.05, 0.1) is 13.0 Å². The largest absolute Gasteiger partial charge is 0.490 e. The average Bonchev–Trinajstić information content (AvgIpc) is 3.60. The van der Waals surface area contributed by atoms with E-state index in [1.165, 1.54) is 37.5 Å². The fourth-order valence-corrected chi connectivity index (χ4v) is 5.86. The second-order valence-electron chi connectivity index (χ2n) is 9.29. The van der Waals surface area contributed by atoms with Crippen molar-refractivity contribution >= 4 is 5.97 Å². The molecule has 4 aliphatic rings. The Bertz CT molecular complexity index is 743. The number of methoxy groups -OCH3 is 1. The summed E-state index contributed by atoms with van der Waals surface area (Å²) in [5.41, 5.74) is 2.57. The van der Waals surface area contributed by atoms with Gasteiger partial charge >= 0.3 is 5.97 Å². The molecule has 0 bridgehead atoms. The molecule has 4 nitrogen and oxygen atoms in total. The molecular weight excluding hydrogens is 338 g/mol. The highest BCUT2D eigenvalue weighted by atomic mass is 16.5. The molecule has 3 fully saturated rings. The number of nitrogens with one attached hydrogen (secondary N) is 1. The van der Waals surface area contributed by atoms with Gasteiger partial charge in [0, 0.05) is 18.0 Å². The van der Waals surface area contributed by atoms with Gasteiger partial charge in [-0.2, -0.15) is 0 Å². The summed E-state index contributed by atoms with van der Waals surface area (Å²) in [6.07, 6.45) is 6.26. The van der Waals surface area contributed by atoms with Gasteiger partial charge < -0.3 is 14.8 Å². The Labute approximate surface area is 162 Å². The van der Waals surface area contributed by atoms with Crippen molar-refractivity contribution in [3.05, 3.63) is 29.3 Å². The van der Waals surface area contributed by atoms with Crippen molar-refractivity contribution < 1.29 is 14.3 Å². The van der Waals surface area contributed by atoms with Gasteiger partial charge in [-0.25, -0.2) is 0 Å². The zero-order valence-electron chi connectivity index (χ0n) is 16.6. The monoisotopic (exact) mass is 369 g/mol. The van der Waals surface area contributed by atoms with E-state index in [1.54, 1.807) is 0 Å². The van der Waals surface area contributed by atoms with Crippen molar-refractivity contribution in [2.24, 2.45) is 23.7 Å². The molecule has 2 aliphatic heterocycles. The summed E-state index contributed by atoms with van der Waals surface area (Å²) in [6, 6.07) is 8.16. The van der Waals surface area contributed by atoms with Crippen LogP contribution in [0, 0.1) is 23.7 Å². The van der Waals surface area contributed by atoms with Crippen LogP contribution in [-0.2, 0) is 16.0 Å². The van der Waals surface area contributed by atoms with E-state index in [4.69, 9.17) is 9.47 Å². The molecule has 2 heterocycles. The maximum absolute atomic E-state index is 12.2. The number of ether oxygens (including phenoxy) is 2. The number of piperidine rings is 1. The van der Waals surface area contributed by atoms with Crippen molar-refractivity contribution in [1.82, 2.24) is 5.32 Å². The van der Waals surface area contributed by atoms with E-state index in [-0.39, 0.29) is 17.8 Å². The number of carbonyl (C=O) groups is 1. The van der Waals surface area contributed by atoms with Crippen LogP contribution in [0.25, 0.3) is 0 Å². The molecule has 0 amide bonds. The lowest BCUT2D eigenvalue weighted by Crippen LogP contribution is -2.35. The molecule has 1 N–H and O–H groups in total. The summed E-state index contributed by atoms with van der Waals surface area (Å²) in [5, 5.41) is 3.58. The summed E-state index contributed by atoms with van der Waals surface area (Å²) in [6.45, 7) is 4.39. The van der Waals surface area contributed by atoms with Crippen LogP contribution in [0.1, 0.15) is 56.6 Å². The Hall–Kier alpha value is -1.55. The normalized spacial score (nSPS) is 36.2. The Balaban J connectivity index is 1.37. The molecular formula is C23H31NO3. The number of hydrogen-bond acceptors (Lipinski definition) is 4. The molecule has 1 aromatic rings. The lowest BCUT2D eigenvalue weighted by molar-refractivity contribution is -0.145. The van der Waals surface area contributed by atoms with Crippen LogP contribution in [0.2, 0.25) is 0 Å². The van der Waals surface area contributed by atoms with Crippen molar-refractivity contribution in [2.75, 3.05) is 7.11 Å². The molecule has 5 rings (SSSR count). The standard InChI is InChI=1S/C23H31NO3/c1-12-17(11-18-22(12)24-18)19-9-8-14-4-7-16(10-20(14)27-19)21(15-5-6-15)13(2)23(25)26-3/h4,7,10,12-13,15,17-19,21-22,24H,5-6,8-9,11H2,1-3H3/t12?,13-,17?,18?,19?,21-,22?/m0/s1. The smallest absolute Gasteiger partial charge is 0.309 e. The van der Waals surface area contributed by atoms with E-state index < -0.39 is 0 Å². The number of hydrogen-bond donors (Lipinski definition) is 1. The molecule has 1 aromatic carbocycles. The van der Waals surface area contributed by atoms with E-state index in [0.717, 1.165) is 30.7 Å². The van der Waals surface area contributed by atoms with Gasteiger partial charge in [-0.1, -0.05) is 26.0 Å². The molecule has 0 spiro atoms. The molecule has 0 radical (unpaired) electrons. The Morgan fingerprint density at radius 2 is 2.11 bits per heavy atom. The van der Waals surface area contributed by atoms with Gasteiger partial charge in [-0.15, -0.1) is 0 Å². The quantitative estimate of drug-likeness (QED) is 0.635.